The number of nitrogens with one attached hydrogen (secondary N) is 1. The van der Waals surface area contributed by atoms with E-state index in [-0.39, 0.29) is 18.0 Å². The number of hydrogen-bond donors (Lipinski definition) is 1. The molecule has 2 aliphatic heterocycles. The van der Waals surface area contributed by atoms with Crippen molar-refractivity contribution in [1.29, 1.82) is 0 Å². The number of para-hydroxylation sites is 1. The number of anilines is 2. The molecule has 0 aliphatic carbocycles. The molecule has 3 aromatic carbocycles. The van der Waals surface area contributed by atoms with Crippen molar-refractivity contribution in [1.82, 2.24) is 4.90 Å². The summed E-state index contributed by atoms with van der Waals surface area (Å²) >= 11 is 0. The Morgan fingerprint density at radius 3 is 2.32 bits per heavy atom. The summed E-state index contributed by atoms with van der Waals surface area (Å²) in [5.74, 6) is 0.0988. The van der Waals surface area contributed by atoms with Crippen LogP contribution in [-0.2, 0) is 11.3 Å². The van der Waals surface area contributed by atoms with Crippen molar-refractivity contribution in [2.24, 2.45) is 0 Å². The van der Waals surface area contributed by atoms with Crippen LogP contribution in [0.1, 0.15) is 56.7 Å². The molecule has 0 saturated carbocycles. The maximum atomic E-state index is 12.5. The van der Waals surface area contributed by atoms with Gasteiger partial charge in [-0.05, 0) is 85.8 Å². The second kappa shape index (κ2) is 10.0. The van der Waals surface area contributed by atoms with Gasteiger partial charge in [0.2, 0.25) is 5.91 Å². The zero-order chi connectivity index (χ0) is 23.5. The minimum absolute atomic E-state index is 0.0988. The topological polar surface area (TPSA) is 35.6 Å². The van der Waals surface area contributed by atoms with Crippen LogP contribution in [0.5, 0.6) is 0 Å². The first-order chi connectivity index (χ1) is 16.6. The maximum absolute atomic E-state index is 12.5. The summed E-state index contributed by atoms with van der Waals surface area (Å²) in [4.78, 5) is 17.0. The van der Waals surface area contributed by atoms with E-state index < -0.39 is 0 Å². The number of carbonyl (C=O) groups is 1. The summed E-state index contributed by atoms with van der Waals surface area (Å²) in [5, 5.41) is 3.72. The lowest BCUT2D eigenvalue weighted by Crippen LogP contribution is -2.43. The average molecular weight is 454 g/mol. The Kier molecular flexibility index (Phi) is 6.68. The van der Waals surface area contributed by atoms with Crippen LogP contribution in [0.4, 0.5) is 11.4 Å². The molecule has 4 heteroatoms. The van der Waals surface area contributed by atoms with E-state index in [0.29, 0.717) is 0 Å². The molecule has 1 saturated heterocycles. The highest BCUT2D eigenvalue weighted by Crippen LogP contribution is 2.41. The van der Waals surface area contributed by atoms with Crippen LogP contribution in [0.25, 0.3) is 11.1 Å². The molecular weight excluding hydrogens is 418 g/mol. The smallest absolute Gasteiger partial charge is 0.224 e. The van der Waals surface area contributed by atoms with Gasteiger partial charge in [0.25, 0.3) is 0 Å². The molecule has 0 spiro atoms. The maximum Gasteiger partial charge on any atom is 0.224 e. The minimum atomic E-state index is 0.0988. The monoisotopic (exact) mass is 453 g/mol. The zero-order valence-corrected chi connectivity index (χ0v) is 20.3. The normalized spacial score (nSPS) is 20.6. The minimum Gasteiger partial charge on any atom is -0.378 e. The van der Waals surface area contributed by atoms with Crippen molar-refractivity contribution in [3.8, 4) is 11.1 Å². The van der Waals surface area contributed by atoms with Crippen molar-refractivity contribution in [3.05, 3.63) is 83.9 Å². The molecule has 1 fully saturated rings. The van der Waals surface area contributed by atoms with Gasteiger partial charge in [0, 0.05) is 30.9 Å². The molecule has 1 amide bonds. The lowest BCUT2D eigenvalue weighted by molar-refractivity contribution is -0.117. The third kappa shape index (κ3) is 4.88. The number of nitrogens with zero attached hydrogens (tertiary/aromatic N) is 2. The average Bonchev–Trinajstić information content (AvgIpc) is 2.85. The second-order valence-electron chi connectivity index (χ2n) is 9.84. The molecule has 176 valence electrons. The number of amides is 1. The summed E-state index contributed by atoms with van der Waals surface area (Å²) in [5.41, 5.74) is 7.10. The largest absolute Gasteiger partial charge is 0.378 e. The fourth-order valence-electron chi connectivity index (χ4n) is 5.57. The number of benzene rings is 3. The fourth-order valence-corrected chi connectivity index (χ4v) is 5.57. The first-order valence-corrected chi connectivity index (χ1v) is 12.7. The third-order valence-electron chi connectivity index (χ3n) is 7.28. The van der Waals surface area contributed by atoms with Crippen molar-refractivity contribution >= 4 is 17.3 Å². The van der Waals surface area contributed by atoms with E-state index in [9.17, 15) is 4.79 Å². The Hall–Kier alpha value is -3.11. The molecule has 34 heavy (non-hydrogen) atoms. The van der Waals surface area contributed by atoms with Gasteiger partial charge >= 0.3 is 0 Å². The van der Waals surface area contributed by atoms with Gasteiger partial charge in [-0.25, -0.2) is 0 Å². The van der Waals surface area contributed by atoms with Crippen molar-refractivity contribution in [3.63, 3.8) is 0 Å². The summed E-state index contributed by atoms with van der Waals surface area (Å²) in [6.45, 7) is 7.28. The van der Waals surface area contributed by atoms with Crippen LogP contribution in [0, 0.1) is 0 Å². The lowest BCUT2D eigenvalue weighted by Gasteiger charge is -2.39. The van der Waals surface area contributed by atoms with Gasteiger partial charge in [0.1, 0.15) is 0 Å². The molecule has 0 bridgehead atoms. The van der Waals surface area contributed by atoms with Crippen molar-refractivity contribution in [2.45, 2.75) is 58.2 Å². The highest BCUT2D eigenvalue weighted by atomic mass is 16.2. The second-order valence-corrected chi connectivity index (χ2v) is 9.84. The van der Waals surface area contributed by atoms with E-state index in [1.807, 2.05) is 11.0 Å². The highest BCUT2D eigenvalue weighted by molar-refractivity contribution is 5.94. The molecule has 2 unspecified atom stereocenters. The first-order valence-electron chi connectivity index (χ1n) is 12.7. The summed E-state index contributed by atoms with van der Waals surface area (Å²) in [7, 11) is 0. The van der Waals surface area contributed by atoms with Gasteiger partial charge in [-0.15, -0.1) is 0 Å². The molecule has 0 radical (unpaired) electrons. The Balaban J connectivity index is 1.43. The van der Waals surface area contributed by atoms with E-state index >= 15 is 0 Å². The number of carbonyl (C=O) groups excluding carboxylic acids is 1. The predicted molar refractivity (Wildman–Crippen MR) is 141 cm³/mol. The third-order valence-corrected chi connectivity index (χ3v) is 7.28. The quantitative estimate of drug-likeness (QED) is 0.470. The predicted octanol–water partition coefficient (Wildman–Crippen LogP) is 6.64. The molecule has 3 aromatic rings. The van der Waals surface area contributed by atoms with Gasteiger partial charge < -0.3 is 10.2 Å². The van der Waals surface area contributed by atoms with Gasteiger partial charge in [-0.1, -0.05) is 55.0 Å². The van der Waals surface area contributed by atoms with Crippen molar-refractivity contribution in [2.75, 3.05) is 23.3 Å². The fraction of sp³-hybridized carbons (Fsp3) is 0.367. The van der Waals surface area contributed by atoms with Crippen LogP contribution < -0.4 is 10.2 Å². The molecule has 1 N–H and O–H groups in total. The Morgan fingerprint density at radius 1 is 0.912 bits per heavy atom. The van der Waals surface area contributed by atoms with Crippen molar-refractivity contribution < 1.29 is 4.79 Å². The Labute approximate surface area is 203 Å². The van der Waals surface area contributed by atoms with Gasteiger partial charge in [0.05, 0.1) is 6.04 Å². The van der Waals surface area contributed by atoms with Gasteiger partial charge in [0.15, 0.2) is 0 Å². The number of piperidine rings is 1. The molecule has 2 heterocycles. The Bertz CT molecular complexity index is 1120. The van der Waals surface area contributed by atoms with E-state index in [2.05, 4.69) is 83.9 Å². The standard InChI is InChI=1S/C30H35N3O/c1-22-19-29(31-27-9-5-3-6-10-27)28-20-26(15-16-30(28)33(22)23(2)34)25-13-11-24(12-14-25)21-32-17-7-4-8-18-32/h3,5-6,9-16,20,22,29,31H,4,7-8,17-19,21H2,1-2H3. The summed E-state index contributed by atoms with van der Waals surface area (Å²) in [6.07, 6.45) is 4.88. The van der Waals surface area contributed by atoms with Crippen LogP contribution >= 0.6 is 0 Å². The summed E-state index contributed by atoms with van der Waals surface area (Å²) in [6, 6.07) is 26.2. The van der Waals surface area contributed by atoms with E-state index in [1.54, 1.807) is 6.92 Å². The van der Waals surface area contributed by atoms with Crippen LogP contribution in [-0.4, -0.2) is 29.9 Å². The molecule has 0 aromatic heterocycles. The number of hydrogen-bond acceptors (Lipinski definition) is 3. The van der Waals surface area contributed by atoms with Crippen LogP contribution in [0.2, 0.25) is 0 Å². The van der Waals surface area contributed by atoms with E-state index in [4.69, 9.17) is 0 Å². The SMILES string of the molecule is CC(=O)N1c2ccc(-c3ccc(CN4CCCCC4)cc3)cc2C(Nc2ccccc2)CC1C. The van der Waals surface area contributed by atoms with Gasteiger partial charge in [-0.2, -0.15) is 0 Å². The lowest BCUT2D eigenvalue weighted by atomic mass is 9.88. The Morgan fingerprint density at radius 2 is 1.62 bits per heavy atom. The summed E-state index contributed by atoms with van der Waals surface area (Å²) < 4.78 is 0. The number of fused-ring (bicyclic) bond motifs is 1. The number of likely N-dealkylation sites (tertiary alicyclic amines) is 1. The first kappa shape index (κ1) is 22.7. The number of rotatable bonds is 5. The van der Waals surface area contributed by atoms with E-state index in [1.165, 1.54) is 54.6 Å². The highest BCUT2D eigenvalue weighted by Gasteiger charge is 2.32. The zero-order valence-electron chi connectivity index (χ0n) is 20.3. The van der Waals surface area contributed by atoms with E-state index in [0.717, 1.165) is 24.3 Å². The van der Waals surface area contributed by atoms with Gasteiger partial charge in [-0.3, -0.25) is 9.69 Å². The molecule has 5 rings (SSSR count). The molecule has 2 aliphatic rings. The van der Waals surface area contributed by atoms with Crippen LogP contribution in [0.3, 0.4) is 0 Å². The molecule has 4 nitrogen and oxygen atoms in total. The molecule has 2 atom stereocenters. The van der Waals surface area contributed by atoms with Crippen LogP contribution in [0.15, 0.2) is 72.8 Å². The molecular formula is C30H35N3O.